The molecular weight excluding hydrogens is 180 g/mol. The molecule has 2 nitrogen and oxygen atoms in total. The molecule has 0 bridgehead atoms. The molecule has 0 aromatic heterocycles. The van der Waals surface area contributed by atoms with Crippen LogP contribution < -0.4 is 0 Å². The van der Waals surface area contributed by atoms with Gasteiger partial charge < -0.3 is 4.90 Å². The van der Waals surface area contributed by atoms with Crippen molar-refractivity contribution in [1.29, 1.82) is 0 Å². The first-order valence-corrected chi connectivity index (χ1v) is 5.81. The lowest BCUT2D eigenvalue weighted by Crippen LogP contribution is -2.39. The number of hydrogen-bond donors (Lipinski definition) is 1. The molecule has 2 unspecified atom stereocenters. The highest BCUT2D eigenvalue weighted by molar-refractivity contribution is 7.77. The van der Waals surface area contributed by atoms with Gasteiger partial charge in [-0.2, -0.15) is 0 Å². The molecular formula is C10H22N2S. The van der Waals surface area contributed by atoms with Crippen molar-refractivity contribution in [3.8, 4) is 0 Å². The van der Waals surface area contributed by atoms with Gasteiger partial charge in [-0.15, -0.1) is 0 Å². The second kappa shape index (κ2) is 5.23. The number of piperidine rings is 1. The number of fused-ring (bicyclic) bond motifs is 1. The van der Waals surface area contributed by atoms with Crippen LogP contribution in [-0.4, -0.2) is 41.9 Å². The van der Waals surface area contributed by atoms with Crippen LogP contribution in [-0.2, 0) is 0 Å². The van der Waals surface area contributed by atoms with Gasteiger partial charge >= 0.3 is 0 Å². The van der Waals surface area contributed by atoms with E-state index >= 15 is 0 Å². The van der Waals surface area contributed by atoms with Crippen molar-refractivity contribution in [2.45, 2.75) is 32.7 Å². The summed E-state index contributed by atoms with van der Waals surface area (Å²) < 4.78 is 2.23. The van der Waals surface area contributed by atoms with E-state index in [2.05, 4.69) is 29.1 Å². The molecule has 0 aliphatic carbocycles. The third-order valence-corrected chi connectivity index (χ3v) is 3.43. The second-order valence-corrected chi connectivity index (χ2v) is 4.37. The second-order valence-electron chi connectivity index (χ2n) is 3.85. The Morgan fingerprint density at radius 1 is 1.23 bits per heavy atom. The predicted octanol–water partition coefficient (Wildman–Crippen LogP) is 1.88. The van der Waals surface area contributed by atoms with Gasteiger partial charge in [-0.1, -0.05) is 26.7 Å². The fourth-order valence-electron chi connectivity index (χ4n) is 2.37. The molecule has 3 heteroatoms. The minimum Gasteiger partial charge on any atom is -0.304 e. The van der Waals surface area contributed by atoms with Crippen molar-refractivity contribution in [3.05, 3.63) is 0 Å². The molecule has 2 aliphatic rings. The summed E-state index contributed by atoms with van der Waals surface area (Å²) in [6.07, 6.45) is 2.74. The molecule has 13 heavy (non-hydrogen) atoms. The first-order valence-electron chi connectivity index (χ1n) is 5.41. The summed E-state index contributed by atoms with van der Waals surface area (Å²) in [5.41, 5.74) is 0. The fraction of sp³-hybridized carbons (Fsp3) is 1.00. The summed E-state index contributed by atoms with van der Waals surface area (Å²) in [6, 6.07) is 0.733. The molecule has 2 heterocycles. The van der Waals surface area contributed by atoms with Crippen LogP contribution in [0.3, 0.4) is 0 Å². The molecule has 0 aromatic rings. The highest BCUT2D eigenvalue weighted by atomic mass is 32.1. The molecule has 78 valence electrons. The van der Waals surface area contributed by atoms with Crippen LogP contribution in [0.25, 0.3) is 0 Å². The summed E-state index contributed by atoms with van der Waals surface area (Å²) in [5.74, 6) is 0.895. The lowest BCUT2D eigenvalue weighted by molar-refractivity contribution is 0.237. The molecule has 0 saturated carbocycles. The average Bonchev–Trinajstić information content (AvgIpc) is 2.51. The predicted molar refractivity (Wildman–Crippen MR) is 61.0 cm³/mol. The van der Waals surface area contributed by atoms with Crippen molar-refractivity contribution >= 4 is 12.8 Å². The number of likely N-dealkylation sites (N-methyl/N-ethyl adjacent to an activating group) is 1. The van der Waals surface area contributed by atoms with Crippen LogP contribution in [0, 0.1) is 5.92 Å². The Balaban J connectivity index is 0.000000396. The van der Waals surface area contributed by atoms with Crippen LogP contribution >= 0.6 is 12.8 Å². The molecule has 0 amide bonds. The Kier molecular flexibility index (Phi) is 4.56. The minimum atomic E-state index is 0.733. The Morgan fingerprint density at radius 2 is 1.92 bits per heavy atom. The van der Waals surface area contributed by atoms with E-state index in [1.54, 1.807) is 0 Å². The zero-order valence-electron chi connectivity index (χ0n) is 9.03. The Hall–Kier alpha value is 0.270. The maximum Gasteiger partial charge on any atom is 0.0367 e. The SMILES string of the molecule is CC.CN1CC2CCCN(S)C2C1. The van der Waals surface area contributed by atoms with Gasteiger partial charge in [-0.05, 0) is 25.8 Å². The van der Waals surface area contributed by atoms with E-state index in [-0.39, 0.29) is 0 Å². The Bertz CT molecular complexity index is 152. The van der Waals surface area contributed by atoms with E-state index < -0.39 is 0 Å². The molecule has 2 rings (SSSR count). The molecule has 0 spiro atoms. The van der Waals surface area contributed by atoms with Crippen molar-refractivity contribution in [1.82, 2.24) is 9.21 Å². The van der Waals surface area contributed by atoms with E-state index in [0.29, 0.717) is 0 Å². The van der Waals surface area contributed by atoms with Crippen molar-refractivity contribution in [2.24, 2.45) is 5.92 Å². The lowest BCUT2D eigenvalue weighted by atomic mass is 9.94. The van der Waals surface area contributed by atoms with E-state index in [1.807, 2.05) is 13.8 Å². The van der Waals surface area contributed by atoms with Crippen LogP contribution in [0.2, 0.25) is 0 Å². The molecule has 0 radical (unpaired) electrons. The highest BCUT2D eigenvalue weighted by Crippen LogP contribution is 2.30. The Morgan fingerprint density at radius 3 is 2.54 bits per heavy atom. The van der Waals surface area contributed by atoms with Crippen LogP contribution in [0.4, 0.5) is 0 Å². The van der Waals surface area contributed by atoms with Crippen LogP contribution in [0.1, 0.15) is 26.7 Å². The van der Waals surface area contributed by atoms with Gasteiger partial charge in [0, 0.05) is 25.7 Å². The molecule has 2 atom stereocenters. The van der Waals surface area contributed by atoms with E-state index in [9.17, 15) is 0 Å². The first-order chi connectivity index (χ1) is 6.27. The number of thiol groups is 1. The third-order valence-electron chi connectivity index (χ3n) is 2.93. The number of nitrogens with zero attached hydrogens (tertiary/aromatic N) is 2. The van der Waals surface area contributed by atoms with Crippen LogP contribution in [0.15, 0.2) is 0 Å². The smallest absolute Gasteiger partial charge is 0.0367 e. The van der Waals surface area contributed by atoms with Crippen molar-refractivity contribution < 1.29 is 0 Å². The van der Waals surface area contributed by atoms with Crippen molar-refractivity contribution in [3.63, 3.8) is 0 Å². The topological polar surface area (TPSA) is 6.48 Å². The van der Waals surface area contributed by atoms with Gasteiger partial charge in [0.15, 0.2) is 0 Å². The summed E-state index contributed by atoms with van der Waals surface area (Å²) >= 11 is 4.48. The molecule has 2 fully saturated rings. The minimum absolute atomic E-state index is 0.733. The highest BCUT2D eigenvalue weighted by Gasteiger charge is 2.36. The summed E-state index contributed by atoms with van der Waals surface area (Å²) in [7, 11) is 2.21. The monoisotopic (exact) mass is 202 g/mol. The zero-order chi connectivity index (χ0) is 9.84. The van der Waals surface area contributed by atoms with Gasteiger partial charge in [-0.3, -0.25) is 0 Å². The largest absolute Gasteiger partial charge is 0.304 e. The number of hydrogen-bond acceptors (Lipinski definition) is 3. The number of likely N-dealkylation sites (tertiary alicyclic amines) is 1. The van der Waals surface area contributed by atoms with Gasteiger partial charge in [-0.25, -0.2) is 4.31 Å². The fourth-order valence-corrected chi connectivity index (χ4v) is 2.77. The molecule has 2 aliphatic heterocycles. The standard InChI is InChI=1S/C8H16N2S.C2H6/c1-9-5-7-3-2-4-10(11)8(7)6-9;1-2/h7-8,11H,2-6H2,1H3;1-2H3. The van der Waals surface area contributed by atoms with Gasteiger partial charge in [0.05, 0.1) is 0 Å². The first kappa shape index (κ1) is 11.3. The lowest BCUT2D eigenvalue weighted by Gasteiger charge is -2.32. The third kappa shape index (κ3) is 2.61. The molecule has 0 aromatic carbocycles. The van der Waals surface area contributed by atoms with Gasteiger partial charge in [0.2, 0.25) is 0 Å². The van der Waals surface area contributed by atoms with Gasteiger partial charge in [0.25, 0.3) is 0 Å². The maximum absolute atomic E-state index is 4.48. The van der Waals surface area contributed by atoms with Crippen molar-refractivity contribution in [2.75, 3.05) is 26.7 Å². The zero-order valence-corrected chi connectivity index (χ0v) is 9.93. The molecule has 2 saturated heterocycles. The average molecular weight is 202 g/mol. The summed E-state index contributed by atoms with van der Waals surface area (Å²) in [6.45, 7) is 7.67. The van der Waals surface area contributed by atoms with Gasteiger partial charge in [0.1, 0.15) is 0 Å². The summed E-state index contributed by atoms with van der Waals surface area (Å²) in [4.78, 5) is 2.42. The van der Waals surface area contributed by atoms with E-state index in [4.69, 9.17) is 0 Å². The normalized spacial score (nSPS) is 35.1. The maximum atomic E-state index is 4.48. The van der Waals surface area contributed by atoms with E-state index in [0.717, 1.165) is 12.0 Å². The number of rotatable bonds is 0. The summed E-state index contributed by atoms with van der Waals surface area (Å²) in [5, 5.41) is 0. The Labute approximate surface area is 87.8 Å². The van der Waals surface area contributed by atoms with Crippen LogP contribution in [0.5, 0.6) is 0 Å². The quantitative estimate of drug-likeness (QED) is 0.599. The van der Waals surface area contributed by atoms with E-state index in [1.165, 1.54) is 32.5 Å². The molecule has 0 N–H and O–H groups in total.